The van der Waals surface area contributed by atoms with Gasteiger partial charge in [0, 0.05) is 18.0 Å². The number of nitrogens with zero attached hydrogens (tertiary/aromatic N) is 2. The number of carbonyl (C=O) groups is 1. The van der Waals surface area contributed by atoms with Gasteiger partial charge in [-0.15, -0.1) is 11.3 Å². The first-order valence-electron chi connectivity index (χ1n) is 8.58. The van der Waals surface area contributed by atoms with Crippen LogP contribution < -0.4 is 10.1 Å². The van der Waals surface area contributed by atoms with Crippen LogP contribution in [-0.4, -0.2) is 52.7 Å². The minimum Gasteiger partial charge on any atom is -0.486 e. The van der Waals surface area contributed by atoms with Crippen LogP contribution in [-0.2, 0) is 17.6 Å². The highest BCUT2D eigenvalue weighted by atomic mass is 32.1. The third-order valence-electron chi connectivity index (χ3n) is 4.55. The summed E-state index contributed by atoms with van der Waals surface area (Å²) in [4.78, 5) is 19.9. The van der Waals surface area contributed by atoms with Crippen LogP contribution in [0.5, 0.6) is 5.75 Å². The van der Waals surface area contributed by atoms with E-state index in [0.717, 1.165) is 30.7 Å². The second-order valence-corrected chi connectivity index (χ2v) is 7.61. The number of ether oxygens (including phenoxy) is 1. The van der Waals surface area contributed by atoms with E-state index in [1.165, 1.54) is 4.88 Å². The number of benzene rings is 1. The maximum atomic E-state index is 12.3. The molecule has 2 atom stereocenters. The van der Waals surface area contributed by atoms with Gasteiger partial charge >= 0.3 is 0 Å². The maximum Gasteiger partial charge on any atom is 0.240 e. The zero-order valence-corrected chi connectivity index (χ0v) is 14.7. The molecule has 1 aromatic heterocycles. The van der Waals surface area contributed by atoms with Gasteiger partial charge < -0.3 is 15.2 Å². The summed E-state index contributed by atoms with van der Waals surface area (Å²) in [7, 11) is 0. The van der Waals surface area contributed by atoms with E-state index in [-0.39, 0.29) is 18.6 Å². The normalized spacial score (nSPS) is 22.8. The van der Waals surface area contributed by atoms with E-state index in [9.17, 15) is 9.90 Å². The number of carbonyl (C=O) groups excluding carboxylic acids is 1. The molecular weight excluding hydrogens is 338 g/mol. The minimum atomic E-state index is -0.600. The lowest BCUT2D eigenvalue weighted by Gasteiger charge is -2.16. The van der Waals surface area contributed by atoms with Gasteiger partial charge in [0.25, 0.3) is 0 Å². The molecular formula is C18H21N3O3S. The fourth-order valence-electron chi connectivity index (χ4n) is 3.36. The van der Waals surface area contributed by atoms with E-state index in [1.807, 2.05) is 35.2 Å². The summed E-state index contributed by atoms with van der Waals surface area (Å²) in [6.45, 7) is 1.19. The predicted molar refractivity (Wildman–Crippen MR) is 96.1 cm³/mol. The van der Waals surface area contributed by atoms with Gasteiger partial charge in [-0.3, -0.25) is 9.69 Å². The lowest BCUT2D eigenvalue weighted by Crippen LogP contribution is -2.33. The number of rotatable bonds is 5. The number of aliphatic hydroxyl groups is 1. The molecule has 2 heterocycles. The number of hydrogen-bond donors (Lipinski definition) is 2. The number of likely N-dealkylation sites (tertiary alicyclic amines) is 1. The van der Waals surface area contributed by atoms with Gasteiger partial charge in [-0.2, -0.15) is 0 Å². The van der Waals surface area contributed by atoms with Gasteiger partial charge in [-0.05, 0) is 31.4 Å². The fraction of sp³-hybridized carbons (Fsp3) is 0.444. The van der Waals surface area contributed by atoms with Crippen LogP contribution >= 0.6 is 11.3 Å². The first-order chi connectivity index (χ1) is 12.2. The molecule has 6 nitrogen and oxygen atoms in total. The van der Waals surface area contributed by atoms with E-state index < -0.39 is 6.10 Å². The molecule has 7 heteroatoms. The molecule has 0 spiro atoms. The van der Waals surface area contributed by atoms with Gasteiger partial charge in [-0.25, -0.2) is 4.98 Å². The maximum absolute atomic E-state index is 12.3. The van der Waals surface area contributed by atoms with Crippen molar-refractivity contribution in [3.05, 3.63) is 40.9 Å². The third-order valence-corrected chi connectivity index (χ3v) is 5.63. The number of aliphatic hydroxyl groups excluding tert-OH is 1. The van der Waals surface area contributed by atoms with Crippen molar-refractivity contribution in [2.75, 3.05) is 25.0 Å². The number of aromatic nitrogens is 1. The molecule has 2 aliphatic rings. The number of para-hydroxylation sites is 1. The van der Waals surface area contributed by atoms with Crippen LogP contribution in [0.1, 0.15) is 17.0 Å². The van der Waals surface area contributed by atoms with Crippen LogP contribution in [0, 0.1) is 0 Å². The number of thiazole rings is 1. The third kappa shape index (κ3) is 3.84. The Morgan fingerprint density at radius 1 is 1.32 bits per heavy atom. The lowest BCUT2D eigenvalue weighted by atomic mass is 10.2. The highest BCUT2D eigenvalue weighted by Gasteiger charge is 2.34. The van der Waals surface area contributed by atoms with Crippen molar-refractivity contribution >= 4 is 22.4 Å². The molecule has 1 aliphatic heterocycles. The Bertz CT molecular complexity index is 728. The minimum absolute atomic E-state index is 0.0972. The largest absolute Gasteiger partial charge is 0.486 e. The van der Waals surface area contributed by atoms with Gasteiger partial charge in [-0.1, -0.05) is 18.2 Å². The fourth-order valence-corrected chi connectivity index (χ4v) is 4.42. The summed E-state index contributed by atoms with van der Waals surface area (Å²) in [5, 5.41) is 13.8. The Hall–Kier alpha value is -1.96. The SMILES string of the molecule is O=C(CN1C[C@@H](O)[C@H](Oc2ccccc2)C1)Nc1nc2c(s1)CCC2. The Kier molecular flexibility index (Phi) is 4.70. The molecule has 1 amide bonds. The van der Waals surface area contributed by atoms with Crippen LogP contribution in [0.15, 0.2) is 30.3 Å². The Morgan fingerprint density at radius 2 is 2.16 bits per heavy atom. The lowest BCUT2D eigenvalue weighted by molar-refractivity contribution is -0.117. The van der Waals surface area contributed by atoms with Crippen molar-refractivity contribution in [1.29, 1.82) is 0 Å². The molecule has 1 aromatic carbocycles. The molecule has 0 bridgehead atoms. The second kappa shape index (κ2) is 7.11. The number of β-amino-alcohol motifs (C(OH)–C–C–N with tert-alkyl or cyclic N) is 1. The molecule has 132 valence electrons. The standard InChI is InChI=1S/C18H21N3O3S/c22-14-9-21(10-15(14)24-12-5-2-1-3-6-12)11-17(23)20-18-19-13-7-4-8-16(13)25-18/h1-3,5-6,14-15,22H,4,7-11H2,(H,19,20,23)/t14-,15-/m1/s1. The Balaban J connectivity index is 1.29. The smallest absolute Gasteiger partial charge is 0.240 e. The zero-order valence-electron chi connectivity index (χ0n) is 13.9. The van der Waals surface area contributed by atoms with E-state index in [2.05, 4.69) is 10.3 Å². The van der Waals surface area contributed by atoms with Gasteiger partial charge in [0.15, 0.2) is 5.13 Å². The van der Waals surface area contributed by atoms with Crippen molar-refractivity contribution in [3.63, 3.8) is 0 Å². The van der Waals surface area contributed by atoms with Gasteiger partial charge in [0.05, 0.1) is 12.2 Å². The molecule has 2 aromatic rings. The number of nitrogens with one attached hydrogen (secondary N) is 1. The molecule has 0 unspecified atom stereocenters. The zero-order chi connectivity index (χ0) is 17.2. The molecule has 1 fully saturated rings. The Labute approximate surface area is 150 Å². The first kappa shape index (κ1) is 16.5. The predicted octanol–water partition coefficient (Wildman–Crippen LogP) is 1.69. The summed E-state index contributed by atoms with van der Waals surface area (Å²) in [5.74, 6) is 0.634. The summed E-state index contributed by atoms with van der Waals surface area (Å²) in [6.07, 6.45) is 2.32. The average molecular weight is 359 g/mol. The number of aryl methyl sites for hydroxylation is 2. The first-order valence-corrected chi connectivity index (χ1v) is 9.39. The Morgan fingerprint density at radius 3 is 2.96 bits per heavy atom. The summed E-state index contributed by atoms with van der Waals surface area (Å²) >= 11 is 1.58. The average Bonchev–Trinajstić information content (AvgIpc) is 3.24. The molecule has 0 radical (unpaired) electrons. The summed E-state index contributed by atoms with van der Waals surface area (Å²) in [5.41, 5.74) is 1.13. The van der Waals surface area contributed by atoms with Gasteiger partial charge in [0.1, 0.15) is 18.0 Å². The molecule has 4 rings (SSSR count). The summed E-state index contributed by atoms with van der Waals surface area (Å²) in [6, 6.07) is 9.44. The summed E-state index contributed by atoms with van der Waals surface area (Å²) < 4.78 is 5.83. The number of hydrogen-bond acceptors (Lipinski definition) is 6. The van der Waals surface area contributed by atoms with E-state index in [1.54, 1.807) is 11.3 Å². The molecule has 2 N–H and O–H groups in total. The number of anilines is 1. The van der Waals surface area contributed by atoms with Crippen LogP contribution in [0.25, 0.3) is 0 Å². The van der Waals surface area contributed by atoms with Crippen molar-refractivity contribution < 1.29 is 14.6 Å². The molecule has 1 saturated heterocycles. The highest BCUT2D eigenvalue weighted by molar-refractivity contribution is 7.15. The topological polar surface area (TPSA) is 74.7 Å². The van der Waals surface area contributed by atoms with Crippen LogP contribution in [0.3, 0.4) is 0 Å². The van der Waals surface area contributed by atoms with E-state index in [4.69, 9.17) is 4.74 Å². The highest BCUT2D eigenvalue weighted by Crippen LogP contribution is 2.30. The van der Waals surface area contributed by atoms with Crippen LogP contribution in [0.4, 0.5) is 5.13 Å². The second-order valence-electron chi connectivity index (χ2n) is 6.52. The van der Waals surface area contributed by atoms with E-state index >= 15 is 0 Å². The van der Waals surface area contributed by atoms with Crippen LogP contribution in [0.2, 0.25) is 0 Å². The van der Waals surface area contributed by atoms with Crippen molar-refractivity contribution in [2.24, 2.45) is 0 Å². The van der Waals surface area contributed by atoms with Crippen molar-refractivity contribution in [3.8, 4) is 5.75 Å². The quantitative estimate of drug-likeness (QED) is 0.850. The van der Waals surface area contributed by atoms with Crippen molar-refractivity contribution in [2.45, 2.75) is 31.5 Å². The number of amides is 1. The molecule has 25 heavy (non-hydrogen) atoms. The molecule has 1 aliphatic carbocycles. The monoisotopic (exact) mass is 359 g/mol. The van der Waals surface area contributed by atoms with Gasteiger partial charge in [0.2, 0.25) is 5.91 Å². The number of fused-ring (bicyclic) bond motifs is 1. The van der Waals surface area contributed by atoms with Crippen molar-refractivity contribution in [1.82, 2.24) is 9.88 Å². The molecule has 0 saturated carbocycles. The van der Waals surface area contributed by atoms with E-state index in [0.29, 0.717) is 18.2 Å².